The third kappa shape index (κ3) is 5.03. The van der Waals surface area contributed by atoms with Crippen LogP contribution in [0.5, 0.6) is 5.75 Å². The van der Waals surface area contributed by atoms with Crippen LogP contribution in [0.3, 0.4) is 0 Å². The first-order chi connectivity index (χ1) is 13.4. The highest BCUT2D eigenvalue weighted by Gasteiger charge is 2.11. The second-order valence-electron chi connectivity index (χ2n) is 5.98. The Morgan fingerprint density at radius 3 is 2.57 bits per heavy atom. The van der Waals surface area contributed by atoms with Gasteiger partial charge in [-0.2, -0.15) is 0 Å². The molecule has 0 saturated heterocycles. The first-order valence-corrected chi connectivity index (χ1v) is 9.52. The molecule has 144 valence electrons. The van der Waals surface area contributed by atoms with Crippen molar-refractivity contribution in [3.05, 3.63) is 92.7 Å². The highest BCUT2D eigenvalue weighted by atomic mass is 79.9. The Morgan fingerprint density at radius 2 is 1.89 bits per heavy atom. The van der Waals surface area contributed by atoms with E-state index in [1.54, 1.807) is 30.3 Å². The highest BCUT2D eigenvalue weighted by Crippen LogP contribution is 2.27. The van der Waals surface area contributed by atoms with E-state index in [2.05, 4.69) is 21.2 Å². The van der Waals surface area contributed by atoms with Gasteiger partial charge < -0.3 is 15.2 Å². The smallest absolute Gasteiger partial charge is 0.335 e. The minimum atomic E-state index is -0.971. The van der Waals surface area contributed by atoms with E-state index >= 15 is 0 Å². The SMILES string of the molecule is O=C(O)c1ccc(NCc2cc(Br)ccc2OCc2c(F)cccc2Cl)cc1. The molecule has 0 spiro atoms. The van der Waals surface area contributed by atoms with Crippen molar-refractivity contribution in [2.75, 3.05) is 5.32 Å². The molecule has 4 nitrogen and oxygen atoms in total. The Hall–Kier alpha value is -2.57. The summed E-state index contributed by atoms with van der Waals surface area (Å²) < 4.78 is 20.6. The van der Waals surface area contributed by atoms with Crippen LogP contribution in [0.15, 0.2) is 65.1 Å². The summed E-state index contributed by atoms with van der Waals surface area (Å²) >= 11 is 9.49. The number of anilines is 1. The summed E-state index contributed by atoms with van der Waals surface area (Å²) in [7, 11) is 0. The van der Waals surface area contributed by atoms with Gasteiger partial charge in [0.05, 0.1) is 10.6 Å². The van der Waals surface area contributed by atoms with E-state index in [0.29, 0.717) is 22.9 Å². The van der Waals surface area contributed by atoms with Gasteiger partial charge in [0.2, 0.25) is 0 Å². The number of carbonyl (C=O) groups is 1. The molecule has 0 aliphatic heterocycles. The Bertz CT molecular complexity index is 975. The van der Waals surface area contributed by atoms with Crippen LogP contribution in [-0.4, -0.2) is 11.1 Å². The number of carboxylic acid groups (broad SMARTS) is 1. The van der Waals surface area contributed by atoms with Crippen molar-refractivity contribution in [1.29, 1.82) is 0 Å². The number of aromatic carboxylic acids is 1. The van der Waals surface area contributed by atoms with Gasteiger partial charge in [0.1, 0.15) is 18.2 Å². The van der Waals surface area contributed by atoms with E-state index in [4.69, 9.17) is 21.4 Å². The van der Waals surface area contributed by atoms with Crippen LogP contribution in [0, 0.1) is 5.82 Å². The van der Waals surface area contributed by atoms with E-state index in [-0.39, 0.29) is 12.2 Å². The lowest BCUT2D eigenvalue weighted by molar-refractivity contribution is 0.0697. The number of halogens is 3. The molecule has 2 N–H and O–H groups in total. The number of benzene rings is 3. The van der Waals surface area contributed by atoms with Crippen molar-refractivity contribution in [1.82, 2.24) is 0 Å². The average Bonchev–Trinajstić information content (AvgIpc) is 2.67. The molecule has 3 aromatic rings. The fraction of sp³-hybridized carbons (Fsp3) is 0.0952. The average molecular weight is 465 g/mol. The van der Waals surface area contributed by atoms with Crippen molar-refractivity contribution in [3.63, 3.8) is 0 Å². The predicted molar refractivity (Wildman–Crippen MR) is 111 cm³/mol. The fourth-order valence-corrected chi connectivity index (χ4v) is 3.20. The zero-order valence-corrected chi connectivity index (χ0v) is 16.9. The van der Waals surface area contributed by atoms with E-state index in [9.17, 15) is 9.18 Å². The predicted octanol–water partition coefficient (Wildman–Crippen LogP) is 6.13. The maximum absolute atomic E-state index is 14.0. The second kappa shape index (κ2) is 9.08. The molecule has 0 unspecified atom stereocenters. The van der Waals surface area contributed by atoms with Gasteiger partial charge in [0.25, 0.3) is 0 Å². The number of hydrogen-bond donors (Lipinski definition) is 2. The Labute approximate surface area is 175 Å². The molecular weight excluding hydrogens is 449 g/mol. The van der Waals surface area contributed by atoms with Gasteiger partial charge in [-0.3, -0.25) is 0 Å². The molecule has 3 rings (SSSR count). The summed E-state index contributed by atoms with van der Waals surface area (Å²) in [5, 5.41) is 12.5. The van der Waals surface area contributed by atoms with Gasteiger partial charge in [-0.1, -0.05) is 33.6 Å². The summed E-state index contributed by atoms with van der Waals surface area (Å²) in [4.78, 5) is 10.9. The van der Waals surface area contributed by atoms with Crippen LogP contribution in [0.1, 0.15) is 21.5 Å². The standard InChI is InChI=1S/C21H16BrClFNO3/c22-15-6-9-20(28-12-17-18(23)2-1-3-19(17)24)14(10-15)11-25-16-7-4-13(5-8-16)21(26)27/h1-10,25H,11-12H2,(H,26,27). The quantitative estimate of drug-likeness (QED) is 0.441. The summed E-state index contributed by atoms with van der Waals surface area (Å²) in [5.74, 6) is -0.791. The molecule has 0 fully saturated rings. The molecule has 0 aliphatic carbocycles. The maximum atomic E-state index is 14.0. The minimum Gasteiger partial charge on any atom is -0.488 e. The molecule has 0 bridgehead atoms. The van der Waals surface area contributed by atoms with Crippen molar-refractivity contribution in [3.8, 4) is 5.75 Å². The third-order valence-electron chi connectivity index (χ3n) is 4.07. The van der Waals surface area contributed by atoms with Gasteiger partial charge in [-0.25, -0.2) is 9.18 Å². The number of hydrogen-bond acceptors (Lipinski definition) is 3. The summed E-state index contributed by atoms with van der Waals surface area (Å²) in [5.41, 5.74) is 2.14. The fourth-order valence-electron chi connectivity index (χ4n) is 2.58. The molecular formula is C21H16BrClFNO3. The number of nitrogens with one attached hydrogen (secondary N) is 1. The molecule has 0 aromatic heterocycles. The van der Waals surface area contributed by atoms with Gasteiger partial charge in [0, 0.05) is 27.8 Å². The van der Waals surface area contributed by atoms with Crippen LogP contribution >= 0.6 is 27.5 Å². The summed E-state index contributed by atoms with van der Waals surface area (Å²) in [6.45, 7) is 0.444. The van der Waals surface area contributed by atoms with Crippen LogP contribution in [0.4, 0.5) is 10.1 Å². The molecule has 0 saturated carbocycles. The van der Waals surface area contributed by atoms with Crippen molar-refractivity contribution >= 4 is 39.2 Å². The first-order valence-electron chi connectivity index (χ1n) is 8.35. The Balaban J connectivity index is 1.72. The zero-order chi connectivity index (χ0) is 20.1. The molecule has 3 aromatic carbocycles. The van der Waals surface area contributed by atoms with Gasteiger partial charge in [-0.05, 0) is 54.6 Å². The number of carboxylic acids is 1. The second-order valence-corrected chi connectivity index (χ2v) is 7.30. The molecule has 0 amide bonds. The van der Waals surface area contributed by atoms with Gasteiger partial charge >= 0.3 is 5.97 Å². The molecule has 0 radical (unpaired) electrons. The Kier molecular flexibility index (Phi) is 6.54. The summed E-state index contributed by atoms with van der Waals surface area (Å²) in [6, 6.07) is 16.5. The van der Waals surface area contributed by atoms with Crippen LogP contribution in [0.25, 0.3) is 0 Å². The number of rotatable bonds is 7. The van der Waals surface area contributed by atoms with E-state index in [1.165, 1.54) is 18.2 Å². The zero-order valence-electron chi connectivity index (χ0n) is 14.6. The van der Waals surface area contributed by atoms with Crippen molar-refractivity contribution in [2.24, 2.45) is 0 Å². The van der Waals surface area contributed by atoms with E-state index < -0.39 is 11.8 Å². The normalized spacial score (nSPS) is 10.5. The van der Waals surface area contributed by atoms with E-state index in [1.807, 2.05) is 12.1 Å². The monoisotopic (exact) mass is 463 g/mol. The topological polar surface area (TPSA) is 58.6 Å². The molecule has 0 aliphatic rings. The molecule has 7 heteroatoms. The van der Waals surface area contributed by atoms with Gasteiger partial charge in [0.15, 0.2) is 0 Å². The molecule has 0 atom stereocenters. The highest BCUT2D eigenvalue weighted by molar-refractivity contribution is 9.10. The van der Waals surface area contributed by atoms with E-state index in [0.717, 1.165) is 15.7 Å². The lowest BCUT2D eigenvalue weighted by Crippen LogP contribution is -2.05. The minimum absolute atomic E-state index is 0.00739. The summed E-state index contributed by atoms with van der Waals surface area (Å²) in [6.07, 6.45) is 0. The largest absolute Gasteiger partial charge is 0.488 e. The first kappa shape index (κ1) is 20.2. The lowest BCUT2D eigenvalue weighted by atomic mass is 10.1. The Morgan fingerprint density at radius 1 is 1.14 bits per heavy atom. The van der Waals surface area contributed by atoms with Crippen LogP contribution < -0.4 is 10.1 Å². The van der Waals surface area contributed by atoms with Gasteiger partial charge in [-0.15, -0.1) is 0 Å². The molecule has 0 heterocycles. The lowest BCUT2D eigenvalue weighted by Gasteiger charge is -2.14. The van der Waals surface area contributed by atoms with Crippen molar-refractivity contribution in [2.45, 2.75) is 13.2 Å². The van der Waals surface area contributed by atoms with Crippen molar-refractivity contribution < 1.29 is 19.0 Å². The van der Waals surface area contributed by atoms with Crippen LogP contribution in [-0.2, 0) is 13.2 Å². The maximum Gasteiger partial charge on any atom is 0.335 e. The van der Waals surface area contributed by atoms with Crippen LogP contribution in [0.2, 0.25) is 5.02 Å². The number of ether oxygens (including phenoxy) is 1. The molecule has 28 heavy (non-hydrogen) atoms. The third-order valence-corrected chi connectivity index (χ3v) is 4.92.